The lowest BCUT2D eigenvalue weighted by molar-refractivity contribution is 0.0303. The number of urea groups is 1. The van der Waals surface area contributed by atoms with Gasteiger partial charge in [-0.15, -0.1) is 0 Å². The smallest absolute Gasteiger partial charge is 0.321 e. The Morgan fingerprint density at radius 3 is 2.89 bits per heavy atom. The van der Waals surface area contributed by atoms with Crippen molar-refractivity contribution in [2.75, 3.05) is 38.2 Å². The number of fused-ring (bicyclic) bond motifs is 1. The summed E-state index contributed by atoms with van der Waals surface area (Å²) < 4.78 is 6.93. The van der Waals surface area contributed by atoms with E-state index in [0.29, 0.717) is 49.9 Å². The Labute approximate surface area is 160 Å². The highest BCUT2D eigenvalue weighted by Gasteiger charge is 2.20. The Morgan fingerprint density at radius 1 is 1.29 bits per heavy atom. The molecule has 0 aliphatic carbocycles. The third kappa shape index (κ3) is 3.67. The molecule has 146 valence electrons. The molecule has 1 fully saturated rings. The van der Waals surface area contributed by atoms with Crippen LogP contribution < -0.4 is 10.6 Å². The molecule has 0 saturated carbocycles. The molecule has 0 bridgehead atoms. The average Bonchev–Trinajstić information content (AvgIpc) is 3.34. The van der Waals surface area contributed by atoms with Crippen LogP contribution in [0.25, 0.3) is 16.7 Å². The predicted molar refractivity (Wildman–Crippen MR) is 103 cm³/mol. The molecular formula is C18H21N7O3. The summed E-state index contributed by atoms with van der Waals surface area (Å²) in [7, 11) is 0. The number of aromatic nitrogens is 4. The molecule has 1 aromatic carbocycles. The van der Waals surface area contributed by atoms with E-state index in [1.165, 1.54) is 0 Å². The van der Waals surface area contributed by atoms with Gasteiger partial charge in [0.2, 0.25) is 5.95 Å². The molecule has 3 N–H and O–H groups in total. The van der Waals surface area contributed by atoms with Gasteiger partial charge in [0.15, 0.2) is 0 Å². The van der Waals surface area contributed by atoms with Gasteiger partial charge in [-0.25, -0.2) is 14.5 Å². The summed E-state index contributed by atoms with van der Waals surface area (Å²) in [6.45, 7) is 4.66. The van der Waals surface area contributed by atoms with Crippen LogP contribution in [0, 0.1) is 0 Å². The second-order valence-electron chi connectivity index (χ2n) is 6.35. The number of aromatic amines is 1. The van der Waals surface area contributed by atoms with E-state index in [-0.39, 0.29) is 11.9 Å². The van der Waals surface area contributed by atoms with E-state index in [0.717, 1.165) is 11.2 Å². The van der Waals surface area contributed by atoms with Crippen molar-refractivity contribution in [1.82, 2.24) is 30.0 Å². The number of H-pyrrole nitrogens is 1. The second kappa shape index (κ2) is 7.69. The van der Waals surface area contributed by atoms with Crippen LogP contribution in [0.4, 0.5) is 10.7 Å². The van der Waals surface area contributed by atoms with Gasteiger partial charge in [-0.05, 0) is 25.1 Å². The van der Waals surface area contributed by atoms with Gasteiger partial charge in [-0.2, -0.15) is 5.10 Å². The zero-order valence-electron chi connectivity index (χ0n) is 15.4. The van der Waals surface area contributed by atoms with Gasteiger partial charge in [0.1, 0.15) is 0 Å². The van der Waals surface area contributed by atoms with Crippen molar-refractivity contribution in [3.05, 3.63) is 36.2 Å². The number of hydrogen-bond donors (Lipinski definition) is 3. The fourth-order valence-corrected chi connectivity index (χ4v) is 3.04. The zero-order chi connectivity index (χ0) is 19.5. The van der Waals surface area contributed by atoms with E-state index < -0.39 is 0 Å². The van der Waals surface area contributed by atoms with E-state index in [2.05, 4.69) is 25.7 Å². The van der Waals surface area contributed by atoms with Crippen LogP contribution >= 0.6 is 0 Å². The number of ether oxygens (including phenoxy) is 1. The number of anilines is 1. The van der Waals surface area contributed by atoms with Crippen molar-refractivity contribution < 1.29 is 14.3 Å². The first-order valence-electron chi connectivity index (χ1n) is 9.10. The van der Waals surface area contributed by atoms with Crippen LogP contribution in [0.2, 0.25) is 0 Å². The van der Waals surface area contributed by atoms with Crippen molar-refractivity contribution in [3.8, 4) is 5.69 Å². The second-order valence-corrected chi connectivity index (χ2v) is 6.35. The summed E-state index contributed by atoms with van der Waals surface area (Å²) in [5.74, 6) is 0.312. The lowest BCUT2D eigenvalue weighted by Gasteiger charge is -2.26. The summed E-state index contributed by atoms with van der Waals surface area (Å²) in [6, 6.07) is 5.23. The van der Waals surface area contributed by atoms with Gasteiger partial charge < -0.3 is 19.9 Å². The highest BCUT2D eigenvalue weighted by molar-refractivity contribution is 5.94. The molecule has 2 aromatic heterocycles. The monoisotopic (exact) mass is 383 g/mol. The number of amides is 3. The number of imidazole rings is 1. The number of carbonyl (C=O) groups excluding carboxylic acids is 2. The van der Waals surface area contributed by atoms with Gasteiger partial charge in [-0.1, -0.05) is 0 Å². The van der Waals surface area contributed by atoms with Crippen LogP contribution in [0.3, 0.4) is 0 Å². The first-order valence-corrected chi connectivity index (χ1v) is 9.10. The lowest BCUT2D eigenvalue weighted by atomic mass is 10.2. The molecule has 0 unspecified atom stereocenters. The largest absolute Gasteiger partial charge is 0.378 e. The van der Waals surface area contributed by atoms with E-state index in [1.807, 2.05) is 25.1 Å². The quantitative estimate of drug-likeness (QED) is 0.629. The lowest BCUT2D eigenvalue weighted by Crippen LogP contribution is -2.40. The average molecular weight is 383 g/mol. The maximum Gasteiger partial charge on any atom is 0.321 e. The molecule has 1 aliphatic rings. The first kappa shape index (κ1) is 18.0. The summed E-state index contributed by atoms with van der Waals surface area (Å²) in [5.41, 5.74) is 2.78. The topological polar surface area (TPSA) is 117 Å². The molecule has 3 heterocycles. The molecule has 10 heteroatoms. The number of nitrogens with one attached hydrogen (secondary N) is 3. The Bertz CT molecular complexity index is 1000. The summed E-state index contributed by atoms with van der Waals surface area (Å²) in [4.78, 5) is 33.4. The Morgan fingerprint density at radius 2 is 2.11 bits per heavy atom. The number of carbonyl (C=O) groups is 2. The molecule has 3 amide bonds. The number of benzene rings is 1. The SMILES string of the molecule is CCNC(=O)Nc1nc2ccc(-n3cc(C(=O)N4CCOCC4)cn3)cc2[nH]1. The number of rotatable bonds is 4. The van der Waals surface area contributed by atoms with Crippen molar-refractivity contribution in [2.45, 2.75) is 6.92 Å². The molecule has 3 aromatic rings. The predicted octanol–water partition coefficient (Wildman–Crippen LogP) is 1.36. The molecule has 4 rings (SSSR count). The summed E-state index contributed by atoms with van der Waals surface area (Å²) in [6.07, 6.45) is 3.28. The van der Waals surface area contributed by atoms with Crippen molar-refractivity contribution >= 4 is 28.9 Å². The maximum atomic E-state index is 12.6. The minimum absolute atomic E-state index is 0.0504. The Balaban J connectivity index is 1.53. The van der Waals surface area contributed by atoms with E-state index in [1.54, 1.807) is 22.0 Å². The maximum absolute atomic E-state index is 12.6. The third-order valence-electron chi connectivity index (χ3n) is 4.43. The van der Waals surface area contributed by atoms with Gasteiger partial charge >= 0.3 is 6.03 Å². The minimum Gasteiger partial charge on any atom is -0.378 e. The molecule has 0 radical (unpaired) electrons. The van der Waals surface area contributed by atoms with Crippen molar-refractivity contribution in [2.24, 2.45) is 0 Å². The Hall–Kier alpha value is -3.40. The van der Waals surface area contributed by atoms with Gasteiger partial charge in [-0.3, -0.25) is 10.1 Å². The fraction of sp³-hybridized carbons (Fsp3) is 0.333. The van der Waals surface area contributed by atoms with E-state index >= 15 is 0 Å². The highest BCUT2D eigenvalue weighted by atomic mass is 16.5. The van der Waals surface area contributed by atoms with Crippen LogP contribution in [0.1, 0.15) is 17.3 Å². The van der Waals surface area contributed by atoms with Crippen molar-refractivity contribution in [1.29, 1.82) is 0 Å². The molecule has 0 atom stereocenters. The highest BCUT2D eigenvalue weighted by Crippen LogP contribution is 2.19. The van der Waals surface area contributed by atoms with Crippen LogP contribution in [-0.4, -0.2) is 69.4 Å². The van der Waals surface area contributed by atoms with E-state index in [9.17, 15) is 9.59 Å². The van der Waals surface area contributed by atoms with Crippen LogP contribution in [0.15, 0.2) is 30.6 Å². The van der Waals surface area contributed by atoms with Crippen LogP contribution in [-0.2, 0) is 4.74 Å². The summed E-state index contributed by atoms with van der Waals surface area (Å²) in [5, 5.41) is 9.61. The van der Waals surface area contributed by atoms with Crippen molar-refractivity contribution in [3.63, 3.8) is 0 Å². The number of nitrogens with zero attached hydrogens (tertiary/aromatic N) is 4. The van der Waals surface area contributed by atoms with E-state index in [4.69, 9.17) is 4.74 Å². The van der Waals surface area contributed by atoms with Crippen LogP contribution in [0.5, 0.6) is 0 Å². The first-order chi connectivity index (χ1) is 13.6. The number of morpholine rings is 1. The van der Waals surface area contributed by atoms with Gasteiger partial charge in [0.25, 0.3) is 5.91 Å². The molecule has 0 spiro atoms. The number of hydrogen-bond acceptors (Lipinski definition) is 5. The summed E-state index contributed by atoms with van der Waals surface area (Å²) >= 11 is 0. The third-order valence-corrected chi connectivity index (χ3v) is 4.43. The normalized spacial score (nSPS) is 14.2. The zero-order valence-corrected chi connectivity index (χ0v) is 15.4. The van der Waals surface area contributed by atoms with Gasteiger partial charge in [0.05, 0.1) is 41.7 Å². The Kier molecular flexibility index (Phi) is 4.94. The fourth-order valence-electron chi connectivity index (χ4n) is 3.04. The molecule has 1 aliphatic heterocycles. The van der Waals surface area contributed by atoms with Gasteiger partial charge in [0, 0.05) is 25.8 Å². The standard InChI is InChI=1S/C18H21N7O3/c1-2-19-18(27)23-17-21-14-4-3-13(9-15(14)22-17)25-11-12(10-20-25)16(26)24-5-7-28-8-6-24/h3-4,9-11H,2,5-8H2,1H3,(H3,19,21,22,23,27). The molecule has 10 nitrogen and oxygen atoms in total. The molecule has 1 saturated heterocycles. The molecule has 28 heavy (non-hydrogen) atoms. The minimum atomic E-state index is -0.319. The molecular weight excluding hydrogens is 362 g/mol.